The molecule has 2 atom stereocenters. The van der Waals surface area contributed by atoms with Gasteiger partial charge in [0.05, 0.1) is 25.9 Å². The summed E-state index contributed by atoms with van der Waals surface area (Å²) in [6, 6.07) is 0. The molecule has 0 aromatic rings. The SMILES string of the molecule is CC1(CO)COC1CO. The van der Waals surface area contributed by atoms with Crippen LogP contribution in [0.4, 0.5) is 0 Å². The normalized spacial score (nSPS) is 42.3. The quantitative estimate of drug-likeness (QED) is 0.526. The molecule has 0 radical (unpaired) electrons. The van der Waals surface area contributed by atoms with Crippen LogP contribution < -0.4 is 0 Å². The molecule has 0 spiro atoms. The predicted molar refractivity (Wildman–Crippen MR) is 32.0 cm³/mol. The van der Waals surface area contributed by atoms with Gasteiger partial charge in [0, 0.05) is 5.41 Å². The number of ether oxygens (including phenoxy) is 1. The standard InChI is InChI=1S/C6H12O3/c1-6(3-8)4-9-5(6)2-7/h5,7-8H,2-4H2,1H3. The van der Waals surface area contributed by atoms with E-state index in [1.807, 2.05) is 6.92 Å². The Morgan fingerprint density at radius 1 is 1.67 bits per heavy atom. The van der Waals surface area contributed by atoms with Crippen LogP contribution in [0.25, 0.3) is 0 Å². The summed E-state index contributed by atoms with van der Waals surface area (Å²) in [4.78, 5) is 0. The van der Waals surface area contributed by atoms with Gasteiger partial charge in [-0.1, -0.05) is 6.92 Å². The Balaban J connectivity index is 2.41. The molecule has 1 heterocycles. The maximum atomic E-state index is 8.76. The van der Waals surface area contributed by atoms with Gasteiger partial charge in [0.25, 0.3) is 0 Å². The molecule has 54 valence electrons. The van der Waals surface area contributed by atoms with Crippen molar-refractivity contribution in [2.75, 3.05) is 19.8 Å². The number of aliphatic hydroxyl groups is 2. The van der Waals surface area contributed by atoms with Crippen LogP contribution in [-0.4, -0.2) is 36.1 Å². The van der Waals surface area contributed by atoms with Crippen LogP contribution >= 0.6 is 0 Å². The lowest BCUT2D eigenvalue weighted by Crippen LogP contribution is -2.54. The summed E-state index contributed by atoms with van der Waals surface area (Å²) in [5, 5.41) is 17.4. The summed E-state index contributed by atoms with van der Waals surface area (Å²) in [7, 11) is 0. The number of hydrogen-bond acceptors (Lipinski definition) is 3. The minimum atomic E-state index is -0.186. The Morgan fingerprint density at radius 2 is 2.33 bits per heavy atom. The molecule has 1 saturated heterocycles. The van der Waals surface area contributed by atoms with Gasteiger partial charge in [0.1, 0.15) is 0 Å². The highest BCUT2D eigenvalue weighted by Gasteiger charge is 2.43. The van der Waals surface area contributed by atoms with Crippen molar-refractivity contribution >= 4 is 0 Å². The van der Waals surface area contributed by atoms with Crippen LogP contribution in [0.15, 0.2) is 0 Å². The van der Waals surface area contributed by atoms with Crippen LogP contribution in [0.2, 0.25) is 0 Å². The van der Waals surface area contributed by atoms with Crippen molar-refractivity contribution in [3.8, 4) is 0 Å². The third-order valence-corrected chi connectivity index (χ3v) is 1.92. The summed E-state index contributed by atoms with van der Waals surface area (Å²) in [5.41, 5.74) is -0.186. The molecule has 1 fully saturated rings. The van der Waals surface area contributed by atoms with E-state index in [0.29, 0.717) is 6.61 Å². The highest BCUT2D eigenvalue weighted by molar-refractivity contribution is 4.89. The molecule has 0 aromatic carbocycles. The van der Waals surface area contributed by atoms with Crippen LogP contribution in [0, 0.1) is 5.41 Å². The molecular weight excluding hydrogens is 120 g/mol. The van der Waals surface area contributed by atoms with E-state index in [0.717, 1.165) is 0 Å². The topological polar surface area (TPSA) is 49.7 Å². The van der Waals surface area contributed by atoms with Gasteiger partial charge in [-0.05, 0) is 0 Å². The second-order valence-corrected chi connectivity index (χ2v) is 2.79. The molecule has 0 aromatic heterocycles. The second-order valence-electron chi connectivity index (χ2n) is 2.79. The van der Waals surface area contributed by atoms with E-state index >= 15 is 0 Å². The fourth-order valence-corrected chi connectivity index (χ4v) is 0.906. The Hall–Kier alpha value is -0.120. The van der Waals surface area contributed by atoms with Gasteiger partial charge in [0.2, 0.25) is 0 Å². The van der Waals surface area contributed by atoms with Crippen molar-refractivity contribution < 1.29 is 14.9 Å². The highest BCUT2D eigenvalue weighted by Crippen LogP contribution is 2.33. The van der Waals surface area contributed by atoms with Gasteiger partial charge in [-0.25, -0.2) is 0 Å². The average Bonchev–Trinajstić information content (AvgIpc) is 1.85. The molecule has 3 heteroatoms. The van der Waals surface area contributed by atoms with Crippen molar-refractivity contribution in [3.05, 3.63) is 0 Å². The third kappa shape index (κ3) is 0.956. The zero-order valence-corrected chi connectivity index (χ0v) is 5.50. The molecule has 2 unspecified atom stereocenters. The molecule has 0 bridgehead atoms. The van der Waals surface area contributed by atoms with E-state index in [1.165, 1.54) is 0 Å². The van der Waals surface area contributed by atoms with Gasteiger partial charge in [-0.2, -0.15) is 0 Å². The van der Waals surface area contributed by atoms with Crippen molar-refractivity contribution in [1.82, 2.24) is 0 Å². The Morgan fingerprint density at radius 3 is 2.44 bits per heavy atom. The number of hydrogen-bond donors (Lipinski definition) is 2. The van der Waals surface area contributed by atoms with Gasteiger partial charge < -0.3 is 14.9 Å². The van der Waals surface area contributed by atoms with E-state index in [9.17, 15) is 0 Å². The smallest absolute Gasteiger partial charge is 0.0903 e. The zero-order chi connectivity index (χ0) is 6.91. The van der Waals surface area contributed by atoms with Crippen LogP contribution in [0.5, 0.6) is 0 Å². The Kier molecular flexibility index (Phi) is 1.75. The summed E-state index contributed by atoms with van der Waals surface area (Å²) in [6.45, 7) is 2.57. The minimum absolute atomic E-state index is 0.0110. The highest BCUT2D eigenvalue weighted by atomic mass is 16.5. The van der Waals surface area contributed by atoms with Crippen LogP contribution in [-0.2, 0) is 4.74 Å². The lowest BCUT2D eigenvalue weighted by molar-refractivity contribution is -0.208. The maximum Gasteiger partial charge on any atom is 0.0903 e. The molecule has 1 aliphatic heterocycles. The summed E-state index contributed by atoms with van der Waals surface area (Å²) >= 11 is 0. The molecule has 1 aliphatic rings. The first-order valence-corrected chi connectivity index (χ1v) is 3.06. The largest absolute Gasteiger partial charge is 0.396 e. The molecule has 3 nitrogen and oxygen atoms in total. The van der Waals surface area contributed by atoms with Crippen molar-refractivity contribution in [3.63, 3.8) is 0 Å². The predicted octanol–water partition coefficient (Wildman–Crippen LogP) is -0.624. The van der Waals surface area contributed by atoms with Crippen LogP contribution in [0.3, 0.4) is 0 Å². The van der Waals surface area contributed by atoms with Gasteiger partial charge in [0.15, 0.2) is 0 Å². The summed E-state index contributed by atoms with van der Waals surface area (Å²) in [6.07, 6.45) is -0.150. The second kappa shape index (κ2) is 2.25. The number of aliphatic hydroxyl groups excluding tert-OH is 2. The first-order chi connectivity index (χ1) is 4.23. The van der Waals surface area contributed by atoms with Gasteiger partial charge in [-0.3, -0.25) is 0 Å². The van der Waals surface area contributed by atoms with Crippen molar-refractivity contribution in [2.24, 2.45) is 5.41 Å². The lowest BCUT2D eigenvalue weighted by Gasteiger charge is -2.44. The first kappa shape index (κ1) is 6.99. The Bertz CT molecular complexity index is 98.5. The third-order valence-electron chi connectivity index (χ3n) is 1.92. The molecule has 0 aliphatic carbocycles. The average molecular weight is 132 g/mol. The van der Waals surface area contributed by atoms with E-state index in [2.05, 4.69) is 0 Å². The lowest BCUT2D eigenvalue weighted by atomic mass is 9.81. The summed E-state index contributed by atoms with van der Waals surface area (Å²) < 4.78 is 4.98. The zero-order valence-electron chi connectivity index (χ0n) is 5.50. The minimum Gasteiger partial charge on any atom is -0.396 e. The molecule has 0 amide bonds. The molecule has 0 saturated carbocycles. The van der Waals surface area contributed by atoms with E-state index in [4.69, 9.17) is 14.9 Å². The fraction of sp³-hybridized carbons (Fsp3) is 1.00. The molecule has 9 heavy (non-hydrogen) atoms. The molecular formula is C6H12O3. The first-order valence-electron chi connectivity index (χ1n) is 3.06. The molecule has 2 N–H and O–H groups in total. The van der Waals surface area contributed by atoms with Crippen molar-refractivity contribution in [1.29, 1.82) is 0 Å². The van der Waals surface area contributed by atoms with Gasteiger partial charge >= 0.3 is 0 Å². The maximum absolute atomic E-state index is 8.76. The van der Waals surface area contributed by atoms with E-state index < -0.39 is 0 Å². The monoisotopic (exact) mass is 132 g/mol. The van der Waals surface area contributed by atoms with E-state index in [1.54, 1.807) is 0 Å². The van der Waals surface area contributed by atoms with Crippen LogP contribution in [0.1, 0.15) is 6.92 Å². The van der Waals surface area contributed by atoms with Gasteiger partial charge in [-0.15, -0.1) is 0 Å². The Labute approximate surface area is 54.3 Å². The number of rotatable bonds is 2. The summed E-state index contributed by atoms with van der Waals surface area (Å²) in [5.74, 6) is 0. The fourth-order valence-electron chi connectivity index (χ4n) is 0.906. The van der Waals surface area contributed by atoms with E-state index in [-0.39, 0.29) is 24.7 Å². The molecule has 1 rings (SSSR count). The van der Waals surface area contributed by atoms with Crippen molar-refractivity contribution in [2.45, 2.75) is 13.0 Å².